The predicted octanol–water partition coefficient (Wildman–Crippen LogP) is 1.32. The second-order valence-electron chi connectivity index (χ2n) is 7.18. The van der Waals surface area contributed by atoms with Gasteiger partial charge in [0.05, 0.1) is 6.26 Å². The van der Waals surface area contributed by atoms with Gasteiger partial charge in [0, 0.05) is 31.2 Å². The van der Waals surface area contributed by atoms with Crippen LogP contribution in [0.1, 0.15) is 31.7 Å². The standard InChI is InChI=1S/C18H27N3O3S/c1-4-19-13-18(10-11-18)14-5-7-15(8-6-14)21-12-9-16(17(21)22)20(2)25(3,23)24/h5-8,16,19H,4,9-13H2,1-3H3. The minimum atomic E-state index is -3.37. The number of carbonyl (C=O) groups excluding carboxylic acids is 1. The first-order chi connectivity index (χ1) is 11.8. The number of hydrogen-bond donors (Lipinski definition) is 1. The summed E-state index contributed by atoms with van der Waals surface area (Å²) in [5, 5.41) is 3.43. The summed E-state index contributed by atoms with van der Waals surface area (Å²) in [6, 6.07) is 7.60. The molecule has 138 valence electrons. The summed E-state index contributed by atoms with van der Waals surface area (Å²) >= 11 is 0. The Morgan fingerprint density at radius 3 is 2.44 bits per heavy atom. The maximum Gasteiger partial charge on any atom is 0.245 e. The fourth-order valence-corrected chi connectivity index (χ4v) is 4.23. The van der Waals surface area contributed by atoms with Crippen molar-refractivity contribution in [3.63, 3.8) is 0 Å². The molecule has 7 heteroatoms. The number of rotatable bonds is 7. The van der Waals surface area contributed by atoms with Gasteiger partial charge in [-0.1, -0.05) is 19.1 Å². The van der Waals surface area contributed by atoms with Gasteiger partial charge in [0.15, 0.2) is 0 Å². The lowest BCUT2D eigenvalue weighted by molar-refractivity contribution is -0.120. The Labute approximate surface area is 150 Å². The van der Waals surface area contributed by atoms with E-state index in [4.69, 9.17) is 0 Å². The van der Waals surface area contributed by atoms with Crippen LogP contribution < -0.4 is 10.2 Å². The van der Waals surface area contributed by atoms with E-state index in [1.165, 1.54) is 29.8 Å². The van der Waals surface area contributed by atoms with E-state index in [2.05, 4.69) is 24.4 Å². The topological polar surface area (TPSA) is 69.7 Å². The molecule has 1 N–H and O–H groups in total. The summed E-state index contributed by atoms with van der Waals surface area (Å²) in [7, 11) is -1.90. The summed E-state index contributed by atoms with van der Waals surface area (Å²) in [5.74, 6) is -0.144. The molecule has 1 saturated carbocycles. The zero-order valence-electron chi connectivity index (χ0n) is 15.2. The van der Waals surface area contributed by atoms with Gasteiger partial charge >= 0.3 is 0 Å². The third-order valence-electron chi connectivity index (χ3n) is 5.50. The highest BCUT2D eigenvalue weighted by Crippen LogP contribution is 2.48. The Morgan fingerprint density at radius 1 is 1.28 bits per heavy atom. The molecule has 1 saturated heterocycles. The van der Waals surface area contributed by atoms with E-state index in [0.29, 0.717) is 13.0 Å². The molecule has 25 heavy (non-hydrogen) atoms. The Kier molecular flexibility index (Phi) is 4.92. The molecule has 0 spiro atoms. The lowest BCUT2D eigenvalue weighted by Gasteiger charge is -2.22. The van der Waals surface area contributed by atoms with Gasteiger partial charge < -0.3 is 10.2 Å². The number of likely N-dealkylation sites (N-methyl/N-ethyl adjacent to an activating group) is 2. The quantitative estimate of drug-likeness (QED) is 0.791. The number of carbonyl (C=O) groups is 1. The van der Waals surface area contributed by atoms with Crippen LogP contribution in [0.5, 0.6) is 0 Å². The zero-order valence-corrected chi connectivity index (χ0v) is 16.0. The number of hydrogen-bond acceptors (Lipinski definition) is 4. The Morgan fingerprint density at radius 2 is 1.92 bits per heavy atom. The normalized spacial score (nSPS) is 22.6. The van der Waals surface area contributed by atoms with Crippen LogP contribution in [0.25, 0.3) is 0 Å². The zero-order chi connectivity index (χ0) is 18.2. The molecule has 1 aromatic carbocycles. The molecule has 0 aromatic heterocycles. The van der Waals surface area contributed by atoms with E-state index in [1.54, 1.807) is 4.90 Å². The first-order valence-electron chi connectivity index (χ1n) is 8.84. The Hall–Kier alpha value is -1.44. The molecule has 0 bridgehead atoms. The fraction of sp³-hybridized carbons (Fsp3) is 0.611. The fourth-order valence-electron chi connectivity index (χ4n) is 3.57. The molecule has 1 unspecified atom stereocenters. The molecule has 2 fully saturated rings. The van der Waals surface area contributed by atoms with Gasteiger partial charge in [0.1, 0.15) is 6.04 Å². The lowest BCUT2D eigenvalue weighted by Crippen LogP contribution is -2.42. The molecule has 0 radical (unpaired) electrons. The largest absolute Gasteiger partial charge is 0.316 e. The minimum Gasteiger partial charge on any atom is -0.316 e. The SMILES string of the molecule is CCNCC1(c2ccc(N3CCC(N(C)S(C)(=O)=O)C3=O)cc2)CC1. The molecule has 1 atom stereocenters. The predicted molar refractivity (Wildman–Crippen MR) is 99.3 cm³/mol. The highest BCUT2D eigenvalue weighted by atomic mass is 32.2. The Bertz CT molecular complexity index is 741. The van der Waals surface area contributed by atoms with E-state index in [-0.39, 0.29) is 11.3 Å². The average molecular weight is 365 g/mol. The van der Waals surface area contributed by atoms with Crippen LogP contribution in [0.4, 0.5) is 5.69 Å². The molecule has 1 aliphatic heterocycles. The van der Waals surface area contributed by atoms with Crippen molar-refractivity contribution in [3.8, 4) is 0 Å². The molecule has 1 amide bonds. The van der Waals surface area contributed by atoms with E-state index in [0.717, 1.165) is 25.0 Å². The van der Waals surface area contributed by atoms with Crippen molar-refractivity contribution in [1.29, 1.82) is 0 Å². The van der Waals surface area contributed by atoms with Gasteiger partial charge in [-0.2, -0.15) is 4.31 Å². The van der Waals surface area contributed by atoms with Gasteiger partial charge in [-0.25, -0.2) is 8.42 Å². The number of anilines is 1. The summed E-state index contributed by atoms with van der Waals surface area (Å²) in [6.45, 7) is 4.62. The van der Waals surface area contributed by atoms with Crippen LogP contribution in [0.3, 0.4) is 0 Å². The molecule has 1 heterocycles. The number of benzene rings is 1. The summed E-state index contributed by atoms with van der Waals surface area (Å²) in [6.07, 6.45) is 4.05. The monoisotopic (exact) mass is 365 g/mol. The van der Waals surface area contributed by atoms with Crippen LogP contribution in [0.2, 0.25) is 0 Å². The summed E-state index contributed by atoms with van der Waals surface area (Å²) < 4.78 is 24.6. The third-order valence-corrected chi connectivity index (χ3v) is 6.80. The van der Waals surface area contributed by atoms with Gasteiger partial charge in [-0.15, -0.1) is 0 Å². The highest BCUT2D eigenvalue weighted by molar-refractivity contribution is 7.88. The van der Waals surface area contributed by atoms with E-state index >= 15 is 0 Å². The Balaban J connectivity index is 1.72. The van der Waals surface area contributed by atoms with Crippen molar-refractivity contribution in [2.24, 2.45) is 0 Å². The second-order valence-corrected chi connectivity index (χ2v) is 9.22. The maximum atomic E-state index is 12.6. The van der Waals surface area contributed by atoms with Crippen LogP contribution in [0.15, 0.2) is 24.3 Å². The molecule has 1 aromatic rings. The van der Waals surface area contributed by atoms with E-state index < -0.39 is 16.1 Å². The van der Waals surface area contributed by atoms with Crippen LogP contribution >= 0.6 is 0 Å². The van der Waals surface area contributed by atoms with E-state index in [9.17, 15) is 13.2 Å². The van der Waals surface area contributed by atoms with Crippen LogP contribution in [-0.4, -0.2) is 57.6 Å². The summed E-state index contributed by atoms with van der Waals surface area (Å²) in [4.78, 5) is 14.3. The van der Waals surface area contributed by atoms with Crippen molar-refractivity contribution in [1.82, 2.24) is 9.62 Å². The van der Waals surface area contributed by atoms with Crippen molar-refractivity contribution in [2.75, 3.05) is 37.8 Å². The maximum absolute atomic E-state index is 12.6. The number of amides is 1. The highest BCUT2D eigenvalue weighted by Gasteiger charge is 2.44. The molecule has 2 aliphatic rings. The average Bonchev–Trinajstić information content (AvgIpc) is 3.28. The van der Waals surface area contributed by atoms with Gasteiger partial charge in [0.25, 0.3) is 0 Å². The van der Waals surface area contributed by atoms with Crippen molar-refractivity contribution < 1.29 is 13.2 Å². The van der Waals surface area contributed by atoms with Gasteiger partial charge in [0.2, 0.25) is 15.9 Å². The van der Waals surface area contributed by atoms with E-state index in [1.807, 2.05) is 12.1 Å². The van der Waals surface area contributed by atoms with Crippen molar-refractivity contribution in [2.45, 2.75) is 37.6 Å². The number of sulfonamides is 1. The molecule has 6 nitrogen and oxygen atoms in total. The molecule has 3 rings (SSSR count). The van der Waals surface area contributed by atoms with Gasteiger partial charge in [-0.05, 0) is 43.5 Å². The molecular weight excluding hydrogens is 338 g/mol. The number of nitrogens with zero attached hydrogens (tertiary/aromatic N) is 2. The lowest BCUT2D eigenvalue weighted by atomic mass is 9.95. The minimum absolute atomic E-state index is 0.144. The van der Waals surface area contributed by atoms with Crippen molar-refractivity contribution in [3.05, 3.63) is 29.8 Å². The van der Waals surface area contributed by atoms with Crippen LogP contribution in [0, 0.1) is 0 Å². The van der Waals surface area contributed by atoms with Gasteiger partial charge in [-0.3, -0.25) is 4.79 Å². The smallest absolute Gasteiger partial charge is 0.245 e. The van der Waals surface area contributed by atoms with Crippen LogP contribution in [-0.2, 0) is 20.2 Å². The molecular formula is C18H27N3O3S. The molecule has 1 aliphatic carbocycles. The van der Waals surface area contributed by atoms with Crippen molar-refractivity contribution >= 4 is 21.6 Å². The summed E-state index contributed by atoms with van der Waals surface area (Å²) in [5.41, 5.74) is 2.41. The first kappa shape index (κ1) is 18.4. The second kappa shape index (κ2) is 6.70. The third kappa shape index (κ3) is 3.59. The first-order valence-corrected chi connectivity index (χ1v) is 10.7. The number of nitrogens with one attached hydrogen (secondary N) is 1.